The fourth-order valence-electron chi connectivity index (χ4n) is 7.88. The van der Waals surface area contributed by atoms with Crippen LogP contribution in [0, 0.1) is 0 Å². The molecule has 0 unspecified atom stereocenters. The van der Waals surface area contributed by atoms with Crippen molar-refractivity contribution in [3.8, 4) is 33.4 Å². The van der Waals surface area contributed by atoms with Gasteiger partial charge in [-0.3, -0.25) is 0 Å². The maximum atomic E-state index is 6.29. The van der Waals surface area contributed by atoms with E-state index in [2.05, 4.69) is 193 Å². The van der Waals surface area contributed by atoms with E-state index in [4.69, 9.17) is 4.42 Å². The van der Waals surface area contributed by atoms with Crippen LogP contribution in [-0.2, 0) is 0 Å². The summed E-state index contributed by atoms with van der Waals surface area (Å²) in [6.07, 6.45) is 0. The molecule has 0 aliphatic carbocycles. The number of benzene rings is 9. The fourth-order valence-corrected chi connectivity index (χ4v) is 7.88. The van der Waals surface area contributed by atoms with Crippen molar-refractivity contribution >= 4 is 60.5 Å². The van der Waals surface area contributed by atoms with Gasteiger partial charge in [0.25, 0.3) is 0 Å². The van der Waals surface area contributed by atoms with Gasteiger partial charge >= 0.3 is 0 Å². The minimum absolute atomic E-state index is 0.895. The first-order chi connectivity index (χ1) is 25.8. The average molecular weight is 664 g/mol. The Morgan fingerprint density at radius 1 is 0.327 bits per heavy atom. The maximum absolute atomic E-state index is 6.29. The third-order valence-electron chi connectivity index (χ3n) is 10.3. The lowest BCUT2D eigenvalue weighted by molar-refractivity contribution is 0.669. The van der Waals surface area contributed by atoms with E-state index in [1.54, 1.807) is 0 Å². The molecule has 0 radical (unpaired) electrons. The molecule has 0 N–H and O–H groups in total. The smallest absolute Gasteiger partial charge is 0.136 e. The highest BCUT2D eigenvalue weighted by Crippen LogP contribution is 2.45. The highest BCUT2D eigenvalue weighted by molar-refractivity contribution is 6.12. The molecule has 0 aliphatic rings. The van der Waals surface area contributed by atoms with E-state index >= 15 is 0 Å². The summed E-state index contributed by atoms with van der Waals surface area (Å²) < 4.78 is 6.29. The van der Waals surface area contributed by atoms with Gasteiger partial charge in [-0.2, -0.15) is 0 Å². The molecule has 244 valence electrons. The van der Waals surface area contributed by atoms with Gasteiger partial charge in [0.15, 0.2) is 0 Å². The lowest BCUT2D eigenvalue weighted by Gasteiger charge is -2.29. The van der Waals surface area contributed by atoms with Crippen LogP contribution in [0.15, 0.2) is 205 Å². The molecule has 0 bridgehead atoms. The third-order valence-corrected chi connectivity index (χ3v) is 10.3. The highest BCUT2D eigenvalue weighted by atomic mass is 16.3. The largest absolute Gasteiger partial charge is 0.456 e. The van der Waals surface area contributed by atoms with Crippen molar-refractivity contribution in [1.29, 1.82) is 0 Å². The number of nitrogens with zero attached hydrogens (tertiary/aromatic N) is 1. The Morgan fingerprint density at radius 3 is 1.69 bits per heavy atom. The molecule has 2 nitrogen and oxygen atoms in total. The van der Waals surface area contributed by atoms with Crippen LogP contribution in [0.5, 0.6) is 0 Å². The summed E-state index contributed by atoms with van der Waals surface area (Å²) in [6.45, 7) is 0. The van der Waals surface area contributed by atoms with Crippen molar-refractivity contribution in [2.24, 2.45) is 0 Å². The van der Waals surface area contributed by atoms with E-state index in [0.717, 1.165) is 50.1 Å². The molecule has 10 aromatic rings. The quantitative estimate of drug-likeness (QED) is 0.176. The van der Waals surface area contributed by atoms with Gasteiger partial charge in [-0.15, -0.1) is 0 Å². The number of furan rings is 1. The summed E-state index contributed by atoms with van der Waals surface area (Å²) in [6, 6.07) is 71.8. The summed E-state index contributed by atoms with van der Waals surface area (Å²) in [7, 11) is 0. The first-order valence-corrected chi connectivity index (χ1v) is 17.8. The van der Waals surface area contributed by atoms with Crippen molar-refractivity contribution in [3.63, 3.8) is 0 Å². The summed E-state index contributed by atoms with van der Waals surface area (Å²) in [5.74, 6) is 0. The zero-order valence-corrected chi connectivity index (χ0v) is 28.4. The topological polar surface area (TPSA) is 16.4 Å². The Balaban J connectivity index is 1.17. The van der Waals surface area contributed by atoms with Gasteiger partial charge in [0.05, 0.1) is 5.69 Å². The number of rotatable bonds is 6. The minimum Gasteiger partial charge on any atom is -0.456 e. The first kappa shape index (κ1) is 30.0. The Morgan fingerprint density at radius 2 is 0.885 bits per heavy atom. The van der Waals surface area contributed by atoms with Crippen LogP contribution >= 0.6 is 0 Å². The summed E-state index contributed by atoms with van der Waals surface area (Å²) in [5.41, 5.74) is 12.2. The molecule has 0 atom stereocenters. The van der Waals surface area contributed by atoms with Gasteiger partial charge in [-0.25, -0.2) is 0 Å². The minimum atomic E-state index is 0.895. The SMILES string of the molecule is c1cc(-c2cccc3oc4ccccc4c23)cc(N(c2ccc(-c3cccc4ccccc34)cc2)c2ccccc2-c2cccc3ccccc23)c1. The molecule has 1 aromatic heterocycles. The van der Waals surface area contributed by atoms with Crippen LogP contribution in [-0.4, -0.2) is 0 Å². The molecule has 0 saturated carbocycles. The standard InChI is InChI=1S/C50H33NO/c1-3-19-40-34(13-1)15-10-23-41(40)36-29-31-38(32-30-36)51(47-26-7-5-21-45(47)44-25-11-16-35-14-2-4-20-42(35)44)39-18-9-17-37(33-39)43-24-12-28-49-50(43)46-22-6-8-27-48(46)52-49/h1-33H. The van der Waals surface area contributed by atoms with Gasteiger partial charge in [0.1, 0.15) is 11.2 Å². The molecule has 0 amide bonds. The summed E-state index contributed by atoms with van der Waals surface area (Å²) >= 11 is 0. The number of fused-ring (bicyclic) bond motifs is 5. The highest BCUT2D eigenvalue weighted by Gasteiger charge is 2.20. The number of hydrogen-bond acceptors (Lipinski definition) is 2. The van der Waals surface area contributed by atoms with Gasteiger partial charge in [0.2, 0.25) is 0 Å². The molecule has 2 heteroatoms. The molecule has 0 fully saturated rings. The van der Waals surface area contributed by atoms with Crippen LogP contribution in [0.1, 0.15) is 0 Å². The molecule has 9 aromatic carbocycles. The molecular formula is C50H33NO. The molecule has 0 spiro atoms. The Kier molecular flexibility index (Phi) is 7.18. The monoisotopic (exact) mass is 663 g/mol. The normalized spacial score (nSPS) is 11.5. The Hall–Kier alpha value is -6.90. The second-order valence-electron chi connectivity index (χ2n) is 13.3. The molecule has 10 rings (SSSR count). The third kappa shape index (κ3) is 5.04. The van der Waals surface area contributed by atoms with Gasteiger partial charge in [0, 0.05) is 27.7 Å². The molecular weight excluding hydrogens is 631 g/mol. The first-order valence-electron chi connectivity index (χ1n) is 17.8. The van der Waals surface area contributed by atoms with Gasteiger partial charge < -0.3 is 9.32 Å². The van der Waals surface area contributed by atoms with Crippen molar-refractivity contribution in [2.75, 3.05) is 4.90 Å². The fraction of sp³-hybridized carbons (Fsp3) is 0. The van der Waals surface area contributed by atoms with Gasteiger partial charge in [-0.1, -0.05) is 158 Å². The van der Waals surface area contributed by atoms with Crippen LogP contribution in [0.3, 0.4) is 0 Å². The lowest BCUT2D eigenvalue weighted by Crippen LogP contribution is -2.11. The zero-order valence-electron chi connectivity index (χ0n) is 28.4. The van der Waals surface area contributed by atoms with E-state index in [0.29, 0.717) is 0 Å². The Labute approximate surface area is 302 Å². The van der Waals surface area contributed by atoms with E-state index in [1.807, 2.05) is 12.1 Å². The summed E-state index contributed by atoms with van der Waals surface area (Å²) in [4.78, 5) is 2.40. The summed E-state index contributed by atoms with van der Waals surface area (Å²) in [5, 5.41) is 7.22. The molecule has 0 saturated heterocycles. The number of para-hydroxylation sites is 2. The number of hydrogen-bond donors (Lipinski definition) is 0. The van der Waals surface area contributed by atoms with E-state index in [9.17, 15) is 0 Å². The second kappa shape index (κ2) is 12.5. The number of anilines is 3. The van der Waals surface area contributed by atoms with Crippen molar-refractivity contribution in [3.05, 3.63) is 200 Å². The van der Waals surface area contributed by atoms with Crippen molar-refractivity contribution in [2.45, 2.75) is 0 Å². The van der Waals surface area contributed by atoms with Crippen LogP contribution in [0.4, 0.5) is 17.1 Å². The van der Waals surface area contributed by atoms with Crippen molar-refractivity contribution in [1.82, 2.24) is 0 Å². The van der Waals surface area contributed by atoms with Crippen LogP contribution in [0.2, 0.25) is 0 Å². The van der Waals surface area contributed by atoms with Crippen molar-refractivity contribution < 1.29 is 4.42 Å². The Bertz CT molecular complexity index is 2910. The maximum Gasteiger partial charge on any atom is 0.136 e. The van der Waals surface area contributed by atoms with Gasteiger partial charge in [-0.05, 0) is 91.8 Å². The van der Waals surface area contributed by atoms with Crippen LogP contribution < -0.4 is 4.90 Å². The predicted octanol–water partition coefficient (Wildman–Crippen LogP) is 14.4. The average Bonchev–Trinajstić information content (AvgIpc) is 3.60. The molecule has 0 aliphatic heterocycles. The van der Waals surface area contributed by atoms with E-state index in [1.165, 1.54) is 43.8 Å². The predicted molar refractivity (Wildman–Crippen MR) is 220 cm³/mol. The van der Waals surface area contributed by atoms with Crippen LogP contribution in [0.25, 0.3) is 76.9 Å². The molecule has 1 heterocycles. The van der Waals surface area contributed by atoms with E-state index < -0.39 is 0 Å². The lowest BCUT2D eigenvalue weighted by atomic mass is 9.95. The molecule has 52 heavy (non-hydrogen) atoms. The zero-order chi connectivity index (χ0) is 34.4. The van der Waals surface area contributed by atoms with E-state index in [-0.39, 0.29) is 0 Å². The second-order valence-corrected chi connectivity index (χ2v) is 13.3.